The molecule has 0 aliphatic rings. The summed E-state index contributed by atoms with van der Waals surface area (Å²) in [5.74, 6) is -1.16. The van der Waals surface area contributed by atoms with Gasteiger partial charge in [0.1, 0.15) is 28.7 Å². The zero-order chi connectivity index (χ0) is 63.2. The predicted molar refractivity (Wildman–Crippen MR) is 333 cm³/mol. The quantitative estimate of drug-likeness (QED) is 0.0234. The van der Waals surface area contributed by atoms with E-state index in [9.17, 15) is 29.1 Å². The number of hydrogen-bond acceptors (Lipinski definition) is 23. The van der Waals surface area contributed by atoms with E-state index < -0.39 is 35.8 Å². The van der Waals surface area contributed by atoms with Gasteiger partial charge in [-0.1, -0.05) is 82.7 Å². The third-order valence-electron chi connectivity index (χ3n) is 10.8. The number of hydrogen-bond donors (Lipinski definition) is 1. The predicted octanol–water partition coefficient (Wildman–Crippen LogP) is 10.5. The third kappa shape index (κ3) is 25.6. The Balaban J connectivity index is 0.00000280. The molecule has 25 heteroatoms. The molecule has 0 unspecified atom stereocenters. The van der Waals surface area contributed by atoms with E-state index >= 15 is 0 Å². The minimum atomic E-state index is -0.833. The Bertz CT molecular complexity index is 3230. The molecule has 0 saturated carbocycles. The van der Waals surface area contributed by atoms with Crippen molar-refractivity contribution in [1.29, 1.82) is 0 Å². The molecule has 7 aromatic rings. The molecule has 18 nitrogen and oxygen atoms in total. The largest absolute Gasteiger partial charge is 1.00 e. The summed E-state index contributed by atoms with van der Waals surface area (Å²) in [5, 5.41) is 20.1. The number of aliphatic carboxylic acids is 1. The first-order valence-corrected chi connectivity index (χ1v) is 32.2. The van der Waals surface area contributed by atoms with Crippen LogP contribution < -0.4 is 58.3 Å². The monoisotopic (exact) mass is 1330 g/mol. The maximum Gasteiger partial charge on any atom is 1.00 e. The summed E-state index contributed by atoms with van der Waals surface area (Å²) in [6.07, 6.45) is 0. The van der Waals surface area contributed by atoms with Crippen LogP contribution in [0.4, 0.5) is 0 Å². The van der Waals surface area contributed by atoms with E-state index in [4.69, 9.17) is 57.3 Å². The maximum atomic E-state index is 12.7. The van der Waals surface area contributed by atoms with Crippen molar-refractivity contribution in [3.63, 3.8) is 0 Å². The van der Waals surface area contributed by atoms with Crippen LogP contribution in [0.5, 0.6) is 34.5 Å². The van der Waals surface area contributed by atoms with Gasteiger partial charge >= 0.3 is 59.4 Å². The van der Waals surface area contributed by atoms with Crippen molar-refractivity contribution in [1.82, 2.24) is 0 Å². The van der Waals surface area contributed by atoms with Crippen molar-refractivity contribution in [2.75, 3.05) is 66.1 Å². The molecule has 0 heterocycles. The number of esters is 5. The fraction of sp³-hybridized carbons (Fsp3) is 0.250. The zero-order valence-electron chi connectivity index (χ0n) is 49.8. The van der Waals surface area contributed by atoms with Crippen LogP contribution in [0.25, 0.3) is 0 Å². The van der Waals surface area contributed by atoms with Gasteiger partial charge in [0.25, 0.3) is 5.97 Å². The molecule has 7 aromatic carbocycles. The molecule has 0 aromatic heterocycles. The molecule has 0 bridgehead atoms. The molecule has 0 radical (unpaired) electrons. The van der Waals surface area contributed by atoms with E-state index in [1.165, 1.54) is 82.7 Å². The number of rotatable bonds is 32. The van der Waals surface area contributed by atoms with Gasteiger partial charge < -0.3 is 57.6 Å². The van der Waals surface area contributed by atoms with Crippen LogP contribution in [0.15, 0.2) is 204 Å². The minimum absolute atomic E-state index is 0. The number of ether oxygens (including phenoxy) is 10. The summed E-state index contributed by atoms with van der Waals surface area (Å²) in [4.78, 5) is 80.3. The standard InChI is InChI=1S/C62H60O16S6.C2H4O2.Na/c1-6-69-52(64)35-74-41-13-25-47(26-14-41)80-58-57(79-46-23-11-40(63)12-24-46)59(81-48-27-15-42(16-28-48)75-36-53(65)70-7-2)61(83-50-31-19-44(20-32-50)77-38-55(67)72-9-4)62(84-51-33-21-45(22-34-51)78-39-56(68)73-10-5)60(58)82-49-29-17-43(18-30-49)76-37-54(66)71-8-3;1-2(3)4;/h11-34,63H,6-10,35-39H2,1-5H3;1H3,(H,3,4);/q;;+1/p-1. The fourth-order valence-electron chi connectivity index (χ4n) is 7.13. The fourth-order valence-corrected chi connectivity index (χ4v) is 14.4. The molecule has 89 heavy (non-hydrogen) atoms. The Morgan fingerprint density at radius 3 is 0.607 bits per heavy atom. The summed E-state index contributed by atoms with van der Waals surface area (Å²) in [5.41, 5.74) is 0. The average Bonchev–Trinajstić information content (AvgIpc) is 0.924. The first kappa shape index (κ1) is 73.0. The molecule has 0 saturated heterocycles. The smallest absolute Gasteiger partial charge is 0.872 e. The minimum Gasteiger partial charge on any atom is -0.872 e. The van der Waals surface area contributed by atoms with Crippen LogP contribution in [0.2, 0.25) is 0 Å². The van der Waals surface area contributed by atoms with E-state index in [2.05, 4.69) is 0 Å². The summed E-state index contributed by atoms with van der Waals surface area (Å²) in [7, 11) is 0. The summed E-state index contributed by atoms with van der Waals surface area (Å²) < 4.78 is 54.6. The second-order valence-corrected chi connectivity index (χ2v) is 23.9. The Kier molecular flexibility index (Phi) is 32.3. The molecule has 0 aliphatic heterocycles. The molecule has 0 spiro atoms. The molecule has 0 amide bonds. The van der Waals surface area contributed by atoms with Gasteiger partial charge in [0.2, 0.25) is 0 Å². The summed E-state index contributed by atoms with van der Waals surface area (Å²) >= 11 is 9.03. The van der Waals surface area contributed by atoms with Gasteiger partial charge in [-0.25, -0.2) is 24.0 Å². The second-order valence-electron chi connectivity index (χ2n) is 17.4. The van der Waals surface area contributed by atoms with Gasteiger partial charge in [0.05, 0.1) is 33.0 Å². The van der Waals surface area contributed by atoms with Crippen LogP contribution in [0.1, 0.15) is 41.5 Å². The molecular weight excluding hydrogens is 1270 g/mol. The maximum absolute atomic E-state index is 12.7. The van der Waals surface area contributed by atoms with Crippen LogP contribution >= 0.6 is 70.6 Å². The number of carboxylic acids is 1. The van der Waals surface area contributed by atoms with E-state index in [0.29, 0.717) is 28.7 Å². The topological polar surface area (TPSA) is 238 Å². The average molecular weight is 1340 g/mol. The number of carboxylic acid groups (broad SMARTS) is 1. The molecule has 1 N–H and O–H groups in total. The van der Waals surface area contributed by atoms with Gasteiger partial charge in [-0.15, -0.1) is 5.75 Å². The molecule has 0 aliphatic carbocycles. The zero-order valence-corrected chi connectivity index (χ0v) is 56.7. The molecule has 7 rings (SSSR count). The van der Waals surface area contributed by atoms with Crippen LogP contribution in [0, 0.1) is 0 Å². The van der Waals surface area contributed by atoms with Gasteiger partial charge in [0.15, 0.2) is 33.0 Å². The van der Waals surface area contributed by atoms with Gasteiger partial charge in [0, 0.05) is 65.7 Å². The van der Waals surface area contributed by atoms with Crippen molar-refractivity contribution in [2.24, 2.45) is 0 Å². The molecular formula is C64H63NaO18S6. The Morgan fingerprint density at radius 2 is 0.461 bits per heavy atom. The van der Waals surface area contributed by atoms with Gasteiger partial charge in [-0.05, 0) is 168 Å². The Morgan fingerprint density at radius 1 is 0.315 bits per heavy atom. The van der Waals surface area contributed by atoms with Gasteiger partial charge in [-0.3, -0.25) is 4.79 Å². The van der Waals surface area contributed by atoms with Crippen LogP contribution in [-0.2, 0) is 52.5 Å². The SMILES string of the molecule is CC(=O)O.CCOC(=O)COc1ccc(Sc2c(Sc3ccc([O-])cc3)c(Sc3ccc(OCC(=O)OCC)cc3)c(Sc3ccc(OCC(=O)OCC)cc3)c(Sc3ccc(OCC(=O)OCC)cc3)c2Sc2ccc(OCC(=O)OCC)cc2)cc1.[Na+]. The Hall–Kier alpha value is -6.74. The first-order valence-electron chi connectivity index (χ1n) is 27.3. The normalized spacial score (nSPS) is 10.4. The number of carbonyl (C=O) groups is 6. The van der Waals surface area contributed by atoms with Crippen molar-refractivity contribution in [3.05, 3.63) is 146 Å². The molecule has 464 valence electrons. The van der Waals surface area contributed by atoms with E-state index in [1.54, 1.807) is 107 Å². The van der Waals surface area contributed by atoms with Crippen LogP contribution in [0.3, 0.4) is 0 Å². The van der Waals surface area contributed by atoms with Gasteiger partial charge in [-0.2, -0.15) is 0 Å². The van der Waals surface area contributed by atoms with Crippen molar-refractivity contribution in [3.8, 4) is 34.5 Å². The van der Waals surface area contributed by atoms with Crippen LogP contribution in [-0.4, -0.2) is 107 Å². The molecule has 0 atom stereocenters. The number of carbonyl (C=O) groups excluding carboxylic acids is 5. The summed E-state index contributed by atoms with van der Waals surface area (Å²) in [6.45, 7) is 9.49. The summed E-state index contributed by atoms with van der Waals surface area (Å²) in [6, 6.07) is 43.6. The van der Waals surface area contributed by atoms with E-state index in [1.807, 2.05) is 60.7 Å². The molecule has 0 fully saturated rings. The first-order chi connectivity index (χ1) is 42.6. The van der Waals surface area contributed by atoms with Crippen molar-refractivity contribution in [2.45, 2.75) is 100 Å². The van der Waals surface area contributed by atoms with Crippen molar-refractivity contribution < 1.29 is 116 Å². The second kappa shape index (κ2) is 39.4. The third-order valence-corrected chi connectivity index (χ3v) is 18.3. The van der Waals surface area contributed by atoms with Crippen molar-refractivity contribution >= 4 is 106 Å². The number of benzene rings is 7. The van der Waals surface area contributed by atoms with E-state index in [0.717, 1.165) is 65.7 Å². The van der Waals surface area contributed by atoms with E-state index in [-0.39, 0.29) is 101 Å². The Labute approximate surface area is 564 Å².